The summed E-state index contributed by atoms with van der Waals surface area (Å²) in [4.78, 5) is 150. The molecule has 7 aliphatic heterocycles. The monoisotopic (exact) mass is 1790 g/mol. The number of benzene rings is 2. The predicted octanol–water partition coefficient (Wildman–Crippen LogP) is 20.4. The average Bonchev–Trinajstić information content (AvgIpc) is 1.60. The van der Waals surface area contributed by atoms with E-state index in [1.807, 2.05) is 70.2 Å². The maximum atomic E-state index is 14.0. The van der Waals surface area contributed by atoms with Crippen molar-refractivity contribution < 1.29 is 77.0 Å². The lowest BCUT2D eigenvalue weighted by Crippen LogP contribution is -2.26. The molecular weight excluding hydrogens is 1670 g/mol. The van der Waals surface area contributed by atoms with Crippen LogP contribution in [0.2, 0.25) is 0 Å². The van der Waals surface area contributed by atoms with Gasteiger partial charge in [-0.3, -0.25) is 48.1 Å². The summed E-state index contributed by atoms with van der Waals surface area (Å²) >= 11 is 0. The number of Topliss-reactive ketones (excluding diaryl/α,β-unsaturated/α-hetero) is 1. The molecule has 1 amide bonds. The first-order chi connectivity index (χ1) is 63.2. The third kappa shape index (κ3) is 23.0. The number of aromatic nitrogens is 4. The van der Waals surface area contributed by atoms with E-state index in [0.29, 0.717) is 148 Å². The first kappa shape index (κ1) is 99.0. The topological polar surface area (TPSA) is 359 Å². The Balaban J connectivity index is 0.000000286. The second-order valence-electron chi connectivity index (χ2n) is 34.4. The number of allylic oxidation sites excluding steroid dienone is 15. The zero-order chi connectivity index (χ0) is 95.6. The quantitative estimate of drug-likeness (QED) is 0.00417. The number of H-pyrrole nitrogens is 2. The van der Waals surface area contributed by atoms with Gasteiger partial charge in [0.25, 0.3) is 5.91 Å². The van der Waals surface area contributed by atoms with E-state index in [9.17, 15) is 53.4 Å². The maximum Gasteiger partial charge on any atom is 0.311 e. The third-order valence-electron chi connectivity index (χ3n) is 25.7. The number of aliphatic imine (C=N–C) groups is 3. The SMILES string of the molecule is C=CC1=C(C)C2=NC1=CC1=NC(=CC3=C(C)C(=C(O)CCCCCC(=O)CCCC(=O)Oc4ccc(/C=C/C(=O)CC(=O)/C=C/c5ccc(O)c(C)c5)cc4C)C(=N3)C(CC(=O)OC)=C3NC(=C2)C(C)C3CCC(=O)OC)C(CC)=C1C.C=Cc1c(C)c2cc3nc(c(CC(=O)OC)c4nc(cc5[nH]c(cc1[nH]2)c(C)c5CC)C(C)=C4C(=O)NCCCC)C(CCC(=O)OC)C3C. The zero-order valence-electron chi connectivity index (χ0n) is 79.1. The number of phenols is 1. The number of aromatic hydroxyl groups is 1. The number of amides is 1. The van der Waals surface area contributed by atoms with Crippen LogP contribution in [-0.4, -0.2) is 135 Å². The van der Waals surface area contributed by atoms with Crippen molar-refractivity contribution in [2.24, 2.45) is 26.8 Å². The Kier molecular flexibility index (Phi) is 33.6. The molecule has 692 valence electrons. The highest BCUT2D eigenvalue weighted by Gasteiger charge is 2.41. The van der Waals surface area contributed by atoms with E-state index >= 15 is 0 Å². The van der Waals surface area contributed by atoms with Gasteiger partial charge in [0.15, 0.2) is 11.6 Å². The molecule has 0 saturated carbocycles. The van der Waals surface area contributed by atoms with Gasteiger partial charge < -0.3 is 54.5 Å². The Hall–Kier alpha value is -13.6. The van der Waals surface area contributed by atoms with Gasteiger partial charge in [0.2, 0.25) is 0 Å². The van der Waals surface area contributed by atoms with Gasteiger partial charge in [-0.15, -0.1) is 0 Å². The fourth-order valence-electron chi connectivity index (χ4n) is 17.9. The summed E-state index contributed by atoms with van der Waals surface area (Å²) in [5, 5.41) is 28.7. The number of phenolic OH excluding ortho intramolecular Hbond substituents is 1. The number of hydrogen-bond donors (Lipinski definition) is 6. The van der Waals surface area contributed by atoms with Crippen molar-refractivity contribution in [2.45, 2.75) is 224 Å². The van der Waals surface area contributed by atoms with Crippen molar-refractivity contribution in [2.75, 3.05) is 35.0 Å². The van der Waals surface area contributed by atoms with Gasteiger partial charge in [0.05, 0.1) is 105 Å². The van der Waals surface area contributed by atoms with Gasteiger partial charge in [-0.2, -0.15) is 0 Å². The number of ketones is 3. The number of nitrogens with zero attached hydrogens (tertiary/aromatic N) is 5. The second-order valence-corrected chi connectivity index (χ2v) is 34.4. The van der Waals surface area contributed by atoms with Crippen LogP contribution in [0, 0.1) is 39.5 Å². The molecule has 16 bridgehead atoms. The molecule has 7 aliphatic rings. The number of ether oxygens (including phenoxy) is 5. The molecule has 12 rings (SSSR count). The van der Waals surface area contributed by atoms with Gasteiger partial charge in [-0.1, -0.05) is 97.1 Å². The number of carbonyl (C=O) groups excluding carboxylic acids is 9. The highest BCUT2D eigenvalue weighted by atomic mass is 16.5. The van der Waals surface area contributed by atoms with Crippen LogP contribution < -0.4 is 15.4 Å². The van der Waals surface area contributed by atoms with Crippen LogP contribution in [0.5, 0.6) is 11.5 Å². The molecule has 0 radical (unpaired) electrons. The van der Waals surface area contributed by atoms with Crippen LogP contribution in [0.15, 0.2) is 192 Å². The predicted molar refractivity (Wildman–Crippen MR) is 518 cm³/mol. The number of carbonyl (C=O) groups is 9. The summed E-state index contributed by atoms with van der Waals surface area (Å²) in [5.41, 5.74) is 25.9. The van der Waals surface area contributed by atoms with Gasteiger partial charge in [-0.25, -0.2) is 20.0 Å². The lowest BCUT2D eigenvalue weighted by Gasteiger charge is -2.20. The van der Waals surface area contributed by atoms with Crippen molar-refractivity contribution >= 4 is 122 Å². The second kappa shape index (κ2) is 44.8. The van der Waals surface area contributed by atoms with Gasteiger partial charge in [0, 0.05) is 136 Å². The van der Waals surface area contributed by atoms with Crippen LogP contribution in [0.1, 0.15) is 256 Å². The van der Waals surface area contributed by atoms with Gasteiger partial charge in [-0.05, 0) is 246 Å². The van der Waals surface area contributed by atoms with E-state index in [4.69, 9.17) is 48.6 Å². The van der Waals surface area contributed by atoms with Crippen LogP contribution in [0.3, 0.4) is 0 Å². The molecule has 1 fully saturated rings. The molecule has 10 heterocycles. The van der Waals surface area contributed by atoms with Crippen molar-refractivity contribution in [3.8, 4) is 11.5 Å². The molecule has 4 atom stereocenters. The molecule has 4 unspecified atom stereocenters. The zero-order valence-corrected chi connectivity index (χ0v) is 79.1. The molecule has 3 aromatic heterocycles. The summed E-state index contributed by atoms with van der Waals surface area (Å²) in [5.74, 6) is -3.37. The number of fused-ring (bicyclic) bond motifs is 13. The van der Waals surface area contributed by atoms with Crippen LogP contribution in [0.25, 0.3) is 51.4 Å². The molecule has 6 N–H and O–H groups in total. The molecule has 0 spiro atoms. The van der Waals surface area contributed by atoms with E-state index in [1.54, 1.807) is 62.4 Å². The average molecular weight is 1790 g/mol. The highest BCUT2D eigenvalue weighted by Crippen LogP contribution is 2.47. The number of rotatable bonds is 35. The normalized spacial score (nSPS) is 17.3. The number of aromatic amines is 2. The number of methoxy groups -OCH3 is 4. The highest BCUT2D eigenvalue weighted by molar-refractivity contribution is 6.28. The van der Waals surface area contributed by atoms with Crippen LogP contribution in [-0.2, 0) is 74.9 Å². The Morgan fingerprint density at radius 1 is 0.553 bits per heavy atom. The lowest BCUT2D eigenvalue weighted by atomic mass is 9.84. The number of aliphatic hydroxyl groups is 1. The van der Waals surface area contributed by atoms with E-state index in [2.05, 4.69) is 88.3 Å². The molecule has 2 aromatic carbocycles. The molecule has 0 aliphatic carbocycles. The maximum absolute atomic E-state index is 14.0. The fourth-order valence-corrected chi connectivity index (χ4v) is 17.9. The molecule has 5 aromatic rings. The van der Waals surface area contributed by atoms with E-state index in [-0.39, 0.29) is 122 Å². The number of esters is 5. The van der Waals surface area contributed by atoms with Crippen molar-refractivity contribution in [3.05, 3.63) is 250 Å². The van der Waals surface area contributed by atoms with Crippen molar-refractivity contribution in [1.29, 1.82) is 0 Å². The smallest absolute Gasteiger partial charge is 0.311 e. The molecule has 1 saturated heterocycles. The molecule has 132 heavy (non-hydrogen) atoms. The minimum atomic E-state index is -0.508. The Labute approximate surface area is 772 Å². The van der Waals surface area contributed by atoms with E-state index < -0.39 is 17.9 Å². The fraction of sp³-hybridized carbons (Fsp3) is 0.383. The Morgan fingerprint density at radius 3 is 1.83 bits per heavy atom. The molecule has 25 nitrogen and oxygen atoms in total. The number of aliphatic hydroxyl groups excluding tert-OH is 1. The number of unbranched alkanes of at least 4 members (excludes halogenated alkanes) is 3. The standard InChI is InChI=1S/C67H74N4O11.C40H49N5O5/c1-11-49-40(5)53-35-55-42(7)51(27-30-62(77)80-9)66(70-55)52(34-64(79)81-10)67-65(43(8)56(71-67)37-58-50(12-2)41(6)54(69-58)36-57(49)68-53)60(76)19-15-13-14-17-46(72)18-16-20-63(78)82-61-29-24-45(32-39(61)4)22-26-48(74)33-47(73)25-21-44-23-28-59(75)38(3)31-44;1-10-13-16-41-40(48)37-24(7)32-20-34-26(12-3)22(5)30(43-34)19-33-25(11-2)21(4)29(42-33)18-31-23(6)27(14-15-35(46)49-8)38(44-31)28(39(37)45-32)17-36(47)50-9/h11,21-26,28-29,31-32,35-37,42,51,70,75-76H,1,12-20,27,30,33-34H2,2-10H3;11,18-20,23,27,42-43H,2,10,12-17H2,1,3-9H3,(H,41,48)/b25-21+,26-22+,55-35?,57-36?,58-37?,65-60?,66-52?;. The van der Waals surface area contributed by atoms with E-state index in [0.717, 1.165) is 126 Å². The Bertz CT molecular complexity index is 6200. The minimum absolute atomic E-state index is 0.0175. The third-order valence-corrected chi connectivity index (χ3v) is 25.7. The summed E-state index contributed by atoms with van der Waals surface area (Å²) in [6, 6.07) is 16.2. The Morgan fingerprint density at radius 2 is 1.18 bits per heavy atom. The van der Waals surface area contributed by atoms with Crippen molar-refractivity contribution in [3.63, 3.8) is 0 Å². The summed E-state index contributed by atoms with van der Waals surface area (Å²) in [6.45, 7) is 34.7. The number of nitrogens with one attached hydrogen (secondary N) is 4. The largest absolute Gasteiger partial charge is 0.512 e. The first-order valence-corrected chi connectivity index (χ1v) is 45.5. The van der Waals surface area contributed by atoms with Crippen LogP contribution >= 0.6 is 0 Å². The summed E-state index contributed by atoms with van der Waals surface area (Å²) in [7, 11) is 5.41. The molecular formula is C107H123N9O16. The van der Waals surface area contributed by atoms with Crippen molar-refractivity contribution in [1.82, 2.24) is 30.6 Å². The van der Waals surface area contributed by atoms with Gasteiger partial charge >= 0.3 is 29.8 Å². The van der Waals surface area contributed by atoms with E-state index in [1.165, 1.54) is 40.6 Å². The molecule has 25 heteroatoms. The van der Waals surface area contributed by atoms with Crippen LogP contribution in [0.4, 0.5) is 0 Å². The first-order valence-electron chi connectivity index (χ1n) is 45.5. The minimum Gasteiger partial charge on any atom is -0.512 e. The van der Waals surface area contributed by atoms with Gasteiger partial charge in [0.1, 0.15) is 23.0 Å². The summed E-state index contributed by atoms with van der Waals surface area (Å²) in [6.07, 6.45) is 22.1. The summed E-state index contributed by atoms with van der Waals surface area (Å²) < 4.78 is 26.2. The number of aryl methyl sites for hydroxylation is 5. The number of hydrogen-bond acceptors (Lipinski definition) is 22. The lowest BCUT2D eigenvalue weighted by molar-refractivity contribution is -0.141.